The fourth-order valence-electron chi connectivity index (χ4n) is 2.20. The quantitative estimate of drug-likeness (QED) is 0.754. The molecule has 78 valence electrons. The van der Waals surface area contributed by atoms with Crippen molar-refractivity contribution in [3.05, 3.63) is 11.9 Å². The van der Waals surface area contributed by atoms with Crippen LogP contribution in [0.5, 0.6) is 0 Å². The summed E-state index contributed by atoms with van der Waals surface area (Å²) >= 11 is 0. The van der Waals surface area contributed by atoms with E-state index in [1.165, 1.54) is 12.8 Å². The van der Waals surface area contributed by atoms with Crippen molar-refractivity contribution in [3.63, 3.8) is 0 Å². The van der Waals surface area contributed by atoms with E-state index in [-0.39, 0.29) is 0 Å². The van der Waals surface area contributed by atoms with E-state index in [0.717, 1.165) is 18.8 Å². The molecule has 0 spiro atoms. The average Bonchev–Trinajstić information content (AvgIpc) is 2.71. The third kappa shape index (κ3) is 1.95. The highest BCUT2D eigenvalue weighted by Crippen LogP contribution is 2.35. The summed E-state index contributed by atoms with van der Waals surface area (Å²) in [5, 5.41) is 20.2. The zero-order chi connectivity index (χ0) is 9.97. The zero-order valence-electron chi connectivity index (χ0n) is 8.48. The van der Waals surface area contributed by atoms with Crippen molar-refractivity contribution in [2.75, 3.05) is 0 Å². The predicted molar refractivity (Wildman–Crippen MR) is 52.5 cm³/mol. The minimum Gasteiger partial charge on any atom is -0.386 e. The maximum atomic E-state index is 10.00. The van der Waals surface area contributed by atoms with E-state index < -0.39 is 6.10 Å². The summed E-state index contributed by atoms with van der Waals surface area (Å²) in [6.07, 6.45) is 5.84. The van der Waals surface area contributed by atoms with Crippen LogP contribution in [-0.2, 0) is 0 Å². The minimum atomic E-state index is -0.429. The van der Waals surface area contributed by atoms with Crippen LogP contribution in [0.15, 0.2) is 6.20 Å². The average molecular weight is 195 g/mol. The Morgan fingerprint density at radius 2 is 2.14 bits per heavy atom. The van der Waals surface area contributed by atoms with Crippen LogP contribution in [0.3, 0.4) is 0 Å². The van der Waals surface area contributed by atoms with Gasteiger partial charge in [-0.3, -0.25) is 0 Å². The van der Waals surface area contributed by atoms with Crippen LogP contribution in [0, 0.1) is 11.8 Å². The molecule has 4 heteroatoms. The van der Waals surface area contributed by atoms with Gasteiger partial charge in [-0.05, 0) is 24.7 Å². The van der Waals surface area contributed by atoms with Gasteiger partial charge in [0.15, 0.2) is 0 Å². The van der Waals surface area contributed by atoms with Crippen LogP contribution in [-0.4, -0.2) is 20.5 Å². The molecule has 1 aromatic rings. The third-order valence-electron chi connectivity index (χ3n) is 3.24. The first kappa shape index (κ1) is 9.65. The Morgan fingerprint density at radius 1 is 1.43 bits per heavy atom. The predicted octanol–water partition coefficient (Wildman–Crippen LogP) is 1.66. The highest BCUT2D eigenvalue weighted by atomic mass is 16.3. The Bertz CT molecular complexity index is 265. The van der Waals surface area contributed by atoms with Gasteiger partial charge in [0.05, 0.1) is 6.20 Å². The lowest BCUT2D eigenvalue weighted by atomic mass is 9.79. The molecular formula is C10H17N3O. The first-order valence-corrected chi connectivity index (χ1v) is 5.31. The molecule has 0 aliphatic heterocycles. The largest absolute Gasteiger partial charge is 0.386 e. The van der Waals surface area contributed by atoms with E-state index in [2.05, 4.69) is 22.3 Å². The van der Waals surface area contributed by atoms with Crippen LogP contribution < -0.4 is 0 Å². The first-order valence-electron chi connectivity index (χ1n) is 5.31. The number of hydrogen-bond donors (Lipinski definition) is 2. The highest BCUT2D eigenvalue weighted by Gasteiger charge is 2.26. The van der Waals surface area contributed by atoms with Gasteiger partial charge in [-0.1, -0.05) is 19.8 Å². The summed E-state index contributed by atoms with van der Waals surface area (Å²) in [5.41, 5.74) is 0.685. The zero-order valence-corrected chi connectivity index (χ0v) is 8.48. The second kappa shape index (κ2) is 4.09. The summed E-state index contributed by atoms with van der Waals surface area (Å²) in [6, 6.07) is 0. The normalized spacial score (nSPS) is 30.1. The standard InChI is InChI=1S/C10H17N3O/c1-7-2-4-8(5-3-7)10(14)9-6-11-13-12-9/h6-8,10,14H,2-5H2,1H3,(H,11,12,13). The maximum Gasteiger partial charge on any atom is 0.111 e. The number of rotatable bonds is 2. The van der Waals surface area contributed by atoms with E-state index in [4.69, 9.17) is 0 Å². The van der Waals surface area contributed by atoms with E-state index in [1.54, 1.807) is 6.20 Å². The minimum absolute atomic E-state index is 0.372. The fourth-order valence-corrected chi connectivity index (χ4v) is 2.20. The molecule has 0 aromatic carbocycles. The molecule has 2 N–H and O–H groups in total. The Morgan fingerprint density at radius 3 is 2.71 bits per heavy atom. The Kier molecular flexibility index (Phi) is 2.82. The maximum absolute atomic E-state index is 10.00. The molecule has 1 saturated carbocycles. The molecule has 1 aliphatic rings. The summed E-state index contributed by atoms with van der Waals surface area (Å²) in [4.78, 5) is 0. The number of aliphatic hydroxyl groups is 1. The fraction of sp³-hybridized carbons (Fsp3) is 0.800. The third-order valence-corrected chi connectivity index (χ3v) is 3.24. The molecule has 14 heavy (non-hydrogen) atoms. The summed E-state index contributed by atoms with van der Waals surface area (Å²) in [5.74, 6) is 1.19. The van der Waals surface area contributed by atoms with E-state index in [9.17, 15) is 5.11 Å². The Balaban J connectivity index is 1.95. The van der Waals surface area contributed by atoms with Crippen molar-refractivity contribution in [2.45, 2.75) is 38.7 Å². The number of aliphatic hydroxyl groups excluding tert-OH is 1. The summed E-state index contributed by atoms with van der Waals surface area (Å²) in [6.45, 7) is 2.28. The van der Waals surface area contributed by atoms with E-state index >= 15 is 0 Å². The summed E-state index contributed by atoms with van der Waals surface area (Å²) in [7, 11) is 0. The van der Waals surface area contributed by atoms with E-state index in [0.29, 0.717) is 11.6 Å². The topological polar surface area (TPSA) is 61.8 Å². The lowest BCUT2D eigenvalue weighted by Crippen LogP contribution is -2.19. The molecule has 0 radical (unpaired) electrons. The van der Waals surface area contributed by atoms with Crippen molar-refractivity contribution in [3.8, 4) is 0 Å². The monoisotopic (exact) mass is 195 g/mol. The molecule has 2 rings (SSSR count). The molecule has 1 heterocycles. The van der Waals surface area contributed by atoms with E-state index in [1.807, 2.05) is 0 Å². The number of H-pyrrole nitrogens is 1. The molecule has 0 bridgehead atoms. The first-order chi connectivity index (χ1) is 6.77. The van der Waals surface area contributed by atoms with Gasteiger partial charge in [0.1, 0.15) is 11.8 Å². The van der Waals surface area contributed by atoms with Gasteiger partial charge >= 0.3 is 0 Å². The second-order valence-electron chi connectivity index (χ2n) is 4.36. The molecule has 1 unspecified atom stereocenters. The van der Waals surface area contributed by atoms with Crippen molar-refractivity contribution in [1.29, 1.82) is 0 Å². The highest BCUT2D eigenvalue weighted by molar-refractivity contribution is 4.98. The van der Waals surface area contributed by atoms with Gasteiger partial charge in [0.25, 0.3) is 0 Å². The molecule has 1 atom stereocenters. The summed E-state index contributed by atoms with van der Waals surface area (Å²) < 4.78 is 0. The van der Waals surface area contributed by atoms with Gasteiger partial charge < -0.3 is 5.11 Å². The smallest absolute Gasteiger partial charge is 0.111 e. The second-order valence-corrected chi connectivity index (χ2v) is 4.36. The SMILES string of the molecule is CC1CCC(C(O)c2cn[nH]n2)CC1. The Labute approximate surface area is 83.7 Å². The van der Waals surface area contributed by atoms with Gasteiger partial charge in [0.2, 0.25) is 0 Å². The van der Waals surface area contributed by atoms with Crippen LogP contribution >= 0.6 is 0 Å². The number of hydrogen-bond acceptors (Lipinski definition) is 3. The number of nitrogens with one attached hydrogen (secondary N) is 1. The Hall–Kier alpha value is -0.900. The van der Waals surface area contributed by atoms with Crippen molar-refractivity contribution in [2.24, 2.45) is 11.8 Å². The number of aromatic nitrogens is 3. The van der Waals surface area contributed by atoms with Crippen LogP contribution in [0.4, 0.5) is 0 Å². The van der Waals surface area contributed by atoms with Gasteiger partial charge in [-0.15, -0.1) is 0 Å². The van der Waals surface area contributed by atoms with Crippen molar-refractivity contribution < 1.29 is 5.11 Å². The van der Waals surface area contributed by atoms with Gasteiger partial charge in [-0.2, -0.15) is 15.4 Å². The molecule has 4 nitrogen and oxygen atoms in total. The molecule has 1 aliphatic carbocycles. The number of nitrogens with zero attached hydrogens (tertiary/aromatic N) is 2. The lowest BCUT2D eigenvalue weighted by Gasteiger charge is -2.28. The number of aromatic amines is 1. The van der Waals surface area contributed by atoms with Gasteiger partial charge in [-0.25, -0.2) is 0 Å². The lowest BCUT2D eigenvalue weighted by molar-refractivity contribution is 0.0720. The molecule has 1 aromatic heterocycles. The molecule has 1 fully saturated rings. The van der Waals surface area contributed by atoms with Crippen molar-refractivity contribution >= 4 is 0 Å². The van der Waals surface area contributed by atoms with Crippen LogP contribution in [0.2, 0.25) is 0 Å². The van der Waals surface area contributed by atoms with Gasteiger partial charge in [0, 0.05) is 0 Å². The molecule has 0 saturated heterocycles. The van der Waals surface area contributed by atoms with Crippen LogP contribution in [0.25, 0.3) is 0 Å². The van der Waals surface area contributed by atoms with Crippen LogP contribution in [0.1, 0.15) is 44.4 Å². The molecule has 0 amide bonds. The molecular weight excluding hydrogens is 178 g/mol. The van der Waals surface area contributed by atoms with Crippen molar-refractivity contribution in [1.82, 2.24) is 15.4 Å².